The zero-order valence-electron chi connectivity index (χ0n) is 12.0. The number of hydrogen-bond donors (Lipinski definition) is 5. The third-order valence-corrected chi connectivity index (χ3v) is 3.27. The lowest BCUT2D eigenvalue weighted by Gasteiger charge is -2.16. The summed E-state index contributed by atoms with van der Waals surface area (Å²) in [5, 5.41) is 21.4. The highest BCUT2D eigenvalue weighted by Crippen LogP contribution is 2.17. The number of aromatic nitrogens is 2. The minimum atomic E-state index is -1.22. The van der Waals surface area contributed by atoms with Gasteiger partial charge in [-0.05, 0) is 44.0 Å². The molecule has 1 atom stereocenters. The van der Waals surface area contributed by atoms with E-state index < -0.39 is 12.1 Å². The zero-order chi connectivity index (χ0) is 15.9. The van der Waals surface area contributed by atoms with Crippen molar-refractivity contribution in [2.24, 2.45) is 5.73 Å². The zero-order valence-corrected chi connectivity index (χ0v) is 12.0. The second-order valence-corrected chi connectivity index (χ2v) is 4.95. The van der Waals surface area contributed by atoms with Gasteiger partial charge in [0.15, 0.2) is 0 Å². The highest BCUT2D eigenvalue weighted by Gasteiger charge is 2.20. The van der Waals surface area contributed by atoms with Crippen LogP contribution in [0.1, 0.15) is 19.3 Å². The molecule has 22 heavy (non-hydrogen) atoms. The topological polar surface area (TPSA) is 133 Å². The Morgan fingerprint density at radius 3 is 2.91 bits per heavy atom. The first-order valence-corrected chi connectivity index (χ1v) is 7.03. The molecule has 1 aromatic carbocycles. The molecule has 8 heteroatoms. The predicted molar refractivity (Wildman–Crippen MR) is 82.6 cm³/mol. The molecule has 8 nitrogen and oxygen atoms in total. The van der Waals surface area contributed by atoms with Crippen LogP contribution in [0.4, 0.5) is 10.5 Å². The number of fused-ring (bicyclic) bond motifs is 1. The number of carbonyl (C=O) groups is 2. The van der Waals surface area contributed by atoms with Gasteiger partial charge in [0.2, 0.25) is 5.91 Å². The Hall–Kier alpha value is -2.61. The SMILES string of the molecule is NCCCC[C@H](NC(=O)O)C(=O)Nc1ccc2[nH]ncc2c1. The Bertz CT molecular complexity index is 655. The number of rotatable bonds is 7. The molecule has 118 valence electrons. The Labute approximate surface area is 127 Å². The molecule has 6 N–H and O–H groups in total. The smallest absolute Gasteiger partial charge is 0.405 e. The monoisotopic (exact) mass is 305 g/mol. The van der Waals surface area contributed by atoms with Crippen LogP contribution in [-0.4, -0.2) is 39.9 Å². The molecule has 0 aliphatic heterocycles. The molecule has 2 rings (SSSR count). The van der Waals surface area contributed by atoms with Crippen molar-refractivity contribution in [3.05, 3.63) is 24.4 Å². The van der Waals surface area contributed by atoms with Crippen molar-refractivity contribution in [2.75, 3.05) is 11.9 Å². The van der Waals surface area contributed by atoms with Gasteiger partial charge >= 0.3 is 6.09 Å². The molecule has 1 heterocycles. The Morgan fingerprint density at radius 2 is 2.18 bits per heavy atom. The second-order valence-electron chi connectivity index (χ2n) is 4.95. The number of carboxylic acid groups (broad SMARTS) is 1. The molecule has 0 fully saturated rings. The number of H-pyrrole nitrogens is 1. The first-order chi connectivity index (χ1) is 10.6. The summed E-state index contributed by atoms with van der Waals surface area (Å²) in [6, 6.07) is 4.50. The van der Waals surface area contributed by atoms with Crippen molar-refractivity contribution in [1.29, 1.82) is 0 Å². The highest BCUT2D eigenvalue weighted by molar-refractivity contribution is 5.98. The van der Waals surface area contributed by atoms with E-state index in [1.165, 1.54) is 0 Å². The van der Waals surface area contributed by atoms with Crippen LogP contribution in [0.2, 0.25) is 0 Å². The summed E-state index contributed by atoms with van der Waals surface area (Å²) in [7, 11) is 0. The van der Waals surface area contributed by atoms with Crippen molar-refractivity contribution in [3.63, 3.8) is 0 Å². The summed E-state index contributed by atoms with van der Waals surface area (Å²) in [5.41, 5.74) is 6.87. The first-order valence-electron chi connectivity index (χ1n) is 7.03. The van der Waals surface area contributed by atoms with E-state index in [1.54, 1.807) is 24.4 Å². The average Bonchev–Trinajstić information content (AvgIpc) is 2.93. The molecule has 0 saturated carbocycles. The average molecular weight is 305 g/mol. The van der Waals surface area contributed by atoms with E-state index in [4.69, 9.17) is 10.8 Å². The molecule has 0 bridgehead atoms. The van der Waals surface area contributed by atoms with E-state index in [1.807, 2.05) is 0 Å². The van der Waals surface area contributed by atoms with Gasteiger partial charge in [0.05, 0.1) is 11.7 Å². The number of carbonyl (C=O) groups excluding carboxylic acids is 1. The van der Waals surface area contributed by atoms with E-state index in [9.17, 15) is 9.59 Å². The number of benzene rings is 1. The molecular weight excluding hydrogens is 286 g/mol. The molecule has 0 saturated heterocycles. The van der Waals surface area contributed by atoms with Gasteiger partial charge in [0.1, 0.15) is 6.04 Å². The summed E-state index contributed by atoms with van der Waals surface area (Å²) in [4.78, 5) is 23.0. The Kier molecular flexibility index (Phi) is 5.31. The minimum Gasteiger partial charge on any atom is -0.465 e. The summed E-state index contributed by atoms with van der Waals surface area (Å²) >= 11 is 0. The van der Waals surface area contributed by atoms with Crippen molar-refractivity contribution >= 4 is 28.6 Å². The predicted octanol–water partition coefficient (Wildman–Crippen LogP) is 1.27. The second kappa shape index (κ2) is 7.41. The van der Waals surface area contributed by atoms with E-state index in [-0.39, 0.29) is 5.91 Å². The van der Waals surface area contributed by atoms with Gasteiger partial charge < -0.3 is 21.5 Å². The number of unbranched alkanes of at least 4 members (excludes halogenated alkanes) is 1. The fraction of sp³-hybridized carbons (Fsp3) is 0.357. The maximum Gasteiger partial charge on any atom is 0.405 e. The maximum atomic E-state index is 12.2. The standard InChI is InChI=1S/C14H19N5O3/c15-6-2-1-3-12(18-14(21)22)13(20)17-10-4-5-11-9(7-10)8-16-19-11/h4-5,7-8,12,18H,1-3,6,15H2,(H,16,19)(H,17,20)(H,21,22)/t12-/m0/s1. The number of nitrogens with zero attached hydrogens (tertiary/aromatic N) is 1. The van der Waals surface area contributed by atoms with E-state index in [2.05, 4.69) is 20.8 Å². The lowest BCUT2D eigenvalue weighted by atomic mass is 10.1. The number of anilines is 1. The van der Waals surface area contributed by atoms with Crippen LogP contribution < -0.4 is 16.4 Å². The van der Waals surface area contributed by atoms with Crippen molar-refractivity contribution in [1.82, 2.24) is 15.5 Å². The molecule has 1 aromatic heterocycles. The molecule has 2 aromatic rings. The van der Waals surface area contributed by atoms with Crippen LogP contribution in [0.3, 0.4) is 0 Å². The molecule has 0 unspecified atom stereocenters. The van der Waals surface area contributed by atoms with Crippen LogP contribution in [0.25, 0.3) is 10.9 Å². The number of nitrogens with one attached hydrogen (secondary N) is 3. The van der Waals surface area contributed by atoms with Crippen molar-refractivity contribution < 1.29 is 14.7 Å². The van der Waals surface area contributed by atoms with Crippen LogP contribution >= 0.6 is 0 Å². The Balaban J connectivity index is 2.03. The number of hydrogen-bond acceptors (Lipinski definition) is 4. The largest absolute Gasteiger partial charge is 0.465 e. The van der Waals surface area contributed by atoms with Gasteiger partial charge in [-0.15, -0.1) is 0 Å². The van der Waals surface area contributed by atoms with Crippen molar-refractivity contribution in [3.8, 4) is 0 Å². The quantitative estimate of drug-likeness (QED) is 0.491. The minimum absolute atomic E-state index is 0.387. The van der Waals surface area contributed by atoms with E-state index >= 15 is 0 Å². The lowest BCUT2D eigenvalue weighted by molar-refractivity contribution is -0.118. The maximum absolute atomic E-state index is 12.2. The molecule has 0 radical (unpaired) electrons. The summed E-state index contributed by atoms with van der Waals surface area (Å²) in [6.45, 7) is 0.512. The van der Waals surface area contributed by atoms with Gasteiger partial charge in [-0.25, -0.2) is 4.79 Å². The van der Waals surface area contributed by atoms with Crippen LogP contribution in [0.15, 0.2) is 24.4 Å². The fourth-order valence-corrected chi connectivity index (χ4v) is 2.16. The van der Waals surface area contributed by atoms with Gasteiger partial charge in [0, 0.05) is 11.1 Å². The fourth-order valence-electron chi connectivity index (χ4n) is 2.16. The highest BCUT2D eigenvalue weighted by atomic mass is 16.4. The van der Waals surface area contributed by atoms with E-state index in [0.29, 0.717) is 25.1 Å². The summed E-state index contributed by atoms with van der Waals surface area (Å²) in [5.74, 6) is -0.387. The molecule has 0 aliphatic rings. The third kappa shape index (κ3) is 4.19. The summed E-state index contributed by atoms with van der Waals surface area (Å²) < 4.78 is 0. The van der Waals surface area contributed by atoms with Gasteiger partial charge in [0.25, 0.3) is 0 Å². The number of nitrogens with two attached hydrogens (primary N) is 1. The van der Waals surface area contributed by atoms with E-state index in [0.717, 1.165) is 17.3 Å². The van der Waals surface area contributed by atoms with Gasteiger partial charge in [-0.3, -0.25) is 9.89 Å². The van der Waals surface area contributed by atoms with Gasteiger partial charge in [-0.1, -0.05) is 0 Å². The van der Waals surface area contributed by atoms with Gasteiger partial charge in [-0.2, -0.15) is 5.10 Å². The first kappa shape index (κ1) is 15.8. The molecule has 0 aliphatic carbocycles. The lowest BCUT2D eigenvalue weighted by Crippen LogP contribution is -2.43. The van der Waals surface area contributed by atoms with Crippen LogP contribution in [0, 0.1) is 0 Å². The Morgan fingerprint density at radius 1 is 1.36 bits per heavy atom. The number of amides is 2. The van der Waals surface area contributed by atoms with Crippen LogP contribution in [0.5, 0.6) is 0 Å². The molecular formula is C14H19N5O3. The third-order valence-electron chi connectivity index (χ3n) is 3.27. The normalized spacial score (nSPS) is 12.0. The molecule has 2 amide bonds. The van der Waals surface area contributed by atoms with Crippen LogP contribution in [-0.2, 0) is 4.79 Å². The molecule has 0 spiro atoms. The summed E-state index contributed by atoms with van der Waals surface area (Å²) in [6.07, 6.45) is 2.25. The van der Waals surface area contributed by atoms with Crippen molar-refractivity contribution in [2.45, 2.75) is 25.3 Å². The number of aromatic amines is 1.